The first-order chi connectivity index (χ1) is 9.52. The number of nitrogens with two attached hydrogens (primary N) is 1. The maximum Gasteiger partial charge on any atom is 0.230 e. The van der Waals surface area contributed by atoms with E-state index in [1.807, 2.05) is 13.0 Å². The van der Waals surface area contributed by atoms with Crippen molar-refractivity contribution in [2.24, 2.45) is 5.73 Å². The molecule has 0 bridgehead atoms. The molecule has 6 nitrogen and oxygen atoms in total. The molecule has 1 amide bonds. The molecular formula is C14H20N2O4. The molecule has 4 N–H and O–H groups in total. The summed E-state index contributed by atoms with van der Waals surface area (Å²) in [5.74, 6) is 0.448. The zero-order valence-corrected chi connectivity index (χ0v) is 11.5. The second kappa shape index (κ2) is 6.21. The molecule has 0 fully saturated rings. The van der Waals surface area contributed by atoms with E-state index in [9.17, 15) is 9.90 Å². The first-order valence-corrected chi connectivity index (χ1v) is 6.64. The summed E-state index contributed by atoms with van der Waals surface area (Å²) in [7, 11) is 0. The van der Waals surface area contributed by atoms with Gasteiger partial charge in [0.15, 0.2) is 0 Å². The first kappa shape index (κ1) is 14.8. The van der Waals surface area contributed by atoms with Crippen LogP contribution < -0.4 is 15.4 Å². The van der Waals surface area contributed by atoms with E-state index in [-0.39, 0.29) is 24.9 Å². The number of amides is 1. The molecule has 0 radical (unpaired) electrons. The van der Waals surface area contributed by atoms with Gasteiger partial charge in [-0.1, -0.05) is 6.07 Å². The van der Waals surface area contributed by atoms with Crippen LogP contribution in [-0.2, 0) is 4.79 Å². The molecule has 1 aliphatic heterocycles. The highest BCUT2D eigenvalue weighted by molar-refractivity contribution is 5.95. The Kier molecular flexibility index (Phi) is 4.59. The summed E-state index contributed by atoms with van der Waals surface area (Å²) >= 11 is 0. The van der Waals surface area contributed by atoms with Crippen LogP contribution in [0.2, 0.25) is 0 Å². The van der Waals surface area contributed by atoms with E-state index in [4.69, 9.17) is 15.6 Å². The minimum absolute atomic E-state index is 0.0358. The van der Waals surface area contributed by atoms with Crippen molar-refractivity contribution >= 4 is 11.6 Å². The molecule has 1 aliphatic rings. The number of nitrogens with zero attached hydrogens (tertiary/aromatic N) is 1. The first-order valence-electron chi connectivity index (χ1n) is 6.64. The van der Waals surface area contributed by atoms with Crippen LogP contribution in [-0.4, -0.2) is 42.0 Å². The van der Waals surface area contributed by atoms with Crippen LogP contribution in [0.1, 0.15) is 24.9 Å². The quantitative estimate of drug-likeness (QED) is 0.731. The van der Waals surface area contributed by atoms with E-state index in [1.54, 1.807) is 12.1 Å². The SMILES string of the molecule is CC(N)c1ccc2c(c1)N(CC(O)CO)C(=O)CCO2. The maximum atomic E-state index is 12.1. The van der Waals surface area contributed by atoms with Crippen molar-refractivity contribution < 1.29 is 19.7 Å². The minimum Gasteiger partial charge on any atom is -0.491 e. The van der Waals surface area contributed by atoms with Crippen LogP contribution in [0, 0.1) is 0 Å². The van der Waals surface area contributed by atoms with Gasteiger partial charge in [0.25, 0.3) is 0 Å². The van der Waals surface area contributed by atoms with Crippen LogP contribution in [0.25, 0.3) is 0 Å². The second-order valence-corrected chi connectivity index (χ2v) is 4.96. The van der Waals surface area contributed by atoms with Gasteiger partial charge in [-0.15, -0.1) is 0 Å². The molecule has 0 aliphatic carbocycles. The monoisotopic (exact) mass is 280 g/mol. The molecular weight excluding hydrogens is 260 g/mol. The highest BCUT2D eigenvalue weighted by Gasteiger charge is 2.25. The fourth-order valence-electron chi connectivity index (χ4n) is 2.14. The van der Waals surface area contributed by atoms with Crippen molar-refractivity contribution in [1.82, 2.24) is 0 Å². The molecule has 2 rings (SSSR count). The highest BCUT2D eigenvalue weighted by Crippen LogP contribution is 2.33. The summed E-state index contributed by atoms with van der Waals surface area (Å²) in [6, 6.07) is 5.28. The Labute approximate surface area is 117 Å². The van der Waals surface area contributed by atoms with Crippen LogP contribution in [0.5, 0.6) is 5.75 Å². The van der Waals surface area contributed by atoms with Crippen LogP contribution in [0.4, 0.5) is 5.69 Å². The van der Waals surface area contributed by atoms with E-state index < -0.39 is 12.7 Å². The molecule has 1 heterocycles. The molecule has 1 aromatic rings. The second-order valence-electron chi connectivity index (χ2n) is 4.96. The third-order valence-electron chi connectivity index (χ3n) is 3.28. The Morgan fingerprint density at radius 3 is 2.90 bits per heavy atom. The van der Waals surface area contributed by atoms with Crippen LogP contribution in [0.3, 0.4) is 0 Å². The Hall–Kier alpha value is -1.63. The Morgan fingerprint density at radius 1 is 1.50 bits per heavy atom. The number of aliphatic hydroxyl groups excluding tert-OH is 2. The van der Waals surface area contributed by atoms with Crippen molar-refractivity contribution in [3.8, 4) is 5.75 Å². The largest absolute Gasteiger partial charge is 0.491 e. The Morgan fingerprint density at radius 2 is 2.25 bits per heavy atom. The summed E-state index contributed by atoms with van der Waals surface area (Å²) in [6.07, 6.45) is -0.746. The number of hydrogen-bond donors (Lipinski definition) is 3. The van der Waals surface area contributed by atoms with Gasteiger partial charge in [-0.05, 0) is 24.6 Å². The molecule has 0 aromatic heterocycles. The lowest BCUT2D eigenvalue weighted by atomic mass is 10.1. The van der Waals surface area contributed by atoms with Gasteiger partial charge in [0.1, 0.15) is 5.75 Å². The fourth-order valence-corrected chi connectivity index (χ4v) is 2.14. The number of ether oxygens (including phenoxy) is 1. The summed E-state index contributed by atoms with van der Waals surface area (Å²) in [5.41, 5.74) is 7.33. The van der Waals surface area contributed by atoms with Crippen LogP contribution in [0.15, 0.2) is 18.2 Å². The molecule has 2 atom stereocenters. The molecule has 0 saturated heterocycles. The zero-order valence-electron chi connectivity index (χ0n) is 11.5. The molecule has 0 spiro atoms. The predicted molar refractivity (Wildman–Crippen MR) is 74.6 cm³/mol. The summed E-state index contributed by atoms with van der Waals surface area (Å²) in [5, 5.41) is 18.6. The standard InChI is InChI=1S/C14H20N2O4/c1-9(15)10-2-3-13-12(6-10)16(7-11(18)8-17)14(19)4-5-20-13/h2-3,6,9,11,17-18H,4-5,7-8,15H2,1H3. The average Bonchev–Trinajstić information content (AvgIpc) is 2.58. The zero-order chi connectivity index (χ0) is 14.7. The number of fused-ring (bicyclic) bond motifs is 1. The van der Waals surface area contributed by atoms with Gasteiger partial charge in [-0.2, -0.15) is 0 Å². The normalized spacial score (nSPS) is 18.0. The third-order valence-corrected chi connectivity index (χ3v) is 3.28. The van der Waals surface area contributed by atoms with E-state index in [2.05, 4.69) is 0 Å². The van der Waals surface area contributed by atoms with Gasteiger partial charge in [0.2, 0.25) is 5.91 Å². The van der Waals surface area contributed by atoms with Crippen molar-refractivity contribution in [2.45, 2.75) is 25.5 Å². The number of carbonyl (C=O) groups excluding carboxylic acids is 1. The number of rotatable bonds is 4. The molecule has 110 valence electrons. The fraction of sp³-hybridized carbons (Fsp3) is 0.500. The summed E-state index contributed by atoms with van der Waals surface area (Å²) in [6.45, 7) is 1.80. The Bertz CT molecular complexity index is 490. The van der Waals surface area contributed by atoms with Gasteiger partial charge in [0, 0.05) is 6.04 Å². The molecule has 0 saturated carbocycles. The van der Waals surface area contributed by atoms with E-state index in [1.165, 1.54) is 4.90 Å². The lowest BCUT2D eigenvalue weighted by molar-refractivity contribution is -0.119. The van der Waals surface area contributed by atoms with Gasteiger partial charge in [-0.3, -0.25) is 4.79 Å². The van der Waals surface area contributed by atoms with Crippen molar-refractivity contribution in [3.05, 3.63) is 23.8 Å². The number of anilines is 1. The summed E-state index contributed by atoms with van der Waals surface area (Å²) in [4.78, 5) is 13.6. The third kappa shape index (κ3) is 3.09. The molecule has 2 unspecified atom stereocenters. The van der Waals surface area contributed by atoms with E-state index in [0.29, 0.717) is 18.0 Å². The van der Waals surface area contributed by atoms with E-state index in [0.717, 1.165) is 5.56 Å². The number of β-amino-alcohol motifs (C(OH)–C–C–N with tert-alkyl or cyclic N) is 1. The predicted octanol–water partition coefficient (Wildman–Crippen LogP) is 0.175. The average molecular weight is 280 g/mol. The number of hydrogen-bond acceptors (Lipinski definition) is 5. The van der Waals surface area contributed by atoms with Gasteiger partial charge in [0.05, 0.1) is 38.0 Å². The van der Waals surface area contributed by atoms with Gasteiger partial charge >= 0.3 is 0 Å². The lowest BCUT2D eigenvalue weighted by Gasteiger charge is -2.25. The number of benzene rings is 1. The van der Waals surface area contributed by atoms with Gasteiger partial charge in [-0.25, -0.2) is 0 Å². The highest BCUT2D eigenvalue weighted by atomic mass is 16.5. The molecule has 1 aromatic carbocycles. The van der Waals surface area contributed by atoms with Crippen molar-refractivity contribution in [3.63, 3.8) is 0 Å². The van der Waals surface area contributed by atoms with Crippen molar-refractivity contribution in [1.29, 1.82) is 0 Å². The maximum absolute atomic E-state index is 12.1. The van der Waals surface area contributed by atoms with Crippen LogP contribution >= 0.6 is 0 Å². The topological polar surface area (TPSA) is 96.0 Å². The minimum atomic E-state index is -0.983. The summed E-state index contributed by atoms with van der Waals surface area (Å²) < 4.78 is 5.55. The smallest absolute Gasteiger partial charge is 0.230 e. The lowest BCUT2D eigenvalue weighted by Crippen LogP contribution is -2.38. The van der Waals surface area contributed by atoms with Gasteiger partial charge < -0.3 is 25.6 Å². The molecule has 6 heteroatoms. The number of aliphatic hydroxyl groups is 2. The van der Waals surface area contributed by atoms with E-state index >= 15 is 0 Å². The molecule has 20 heavy (non-hydrogen) atoms. The Balaban J connectivity index is 2.40. The van der Waals surface area contributed by atoms with Crippen molar-refractivity contribution in [2.75, 3.05) is 24.7 Å². The number of carbonyl (C=O) groups is 1.